The van der Waals surface area contributed by atoms with Crippen molar-refractivity contribution in [3.05, 3.63) is 0 Å². The Kier molecular flexibility index (Phi) is 5.63. The number of urea groups is 1. The molecule has 1 fully saturated rings. The van der Waals surface area contributed by atoms with E-state index in [1.807, 2.05) is 6.92 Å². The molecule has 0 bridgehead atoms. The van der Waals surface area contributed by atoms with Crippen LogP contribution in [0.5, 0.6) is 0 Å². The Morgan fingerprint density at radius 1 is 1.32 bits per heavy atom. The lowest BCUT2D eigenvalue weighted by Gasteiger charge is -2.35. The van der Waals surface area contributed by atoms with Crippen molar-refractivity contribution in [1.82, 2.24) is 10.2 Å². The van der Waals surface area contributed by atoms with Gasteiger partial charge >= 0.3 is 12.0 Å². The van der Waals surface area contributed by atoms with Gasteiger partial charge in [-0.2, -0.15) is 0 Å². The Morgan fingerprint density at radius 2 is 1.89 bits per heavy atom. The fraction of sp³-hybridized carbons (Fsp3) is 0.857. The molecule has 2 amide bonds. The molecule has 1 aliphatic rings. The largest absolute Gasteiger partial charge is 0.481 e. The van der Waals surface area contributed by atoms with Crippen LogP contribution in [0.2, 0.25) is 0 Å². The number of rotatable bonds is 5. The number of carboxylic acids is 1. The predicted molar refractivity (Wildman–Crippen MR) is 74.1 cm³/mol. The number of aliphatic carboxylic acids is 1. The summed E-state index contributed by atoms with van der Waals surface area (Å²) < 4.78 is 0. The molecule has 1 rings (SSSR count). The monoisotopic (exact) mass is 270 g/mol. The Labute approximate surface area is 115 Å². The van der Waals surface area contributed by atoms with Crippen molar-refractivity contribution in [2.75, 3.05) is 13.1 Å². The van der Waals surface area contributed by atoms with Gasteiger partial charge in [-0.3, -0.25) is 4.79 Å². The summed E-state index contributed by atoms with van der Waals surface area (Å²) in [5, 5.41) is 11.7. The van der Waals surface area contributed by atoms with Crippen LogP contribution in [0.4, 0.5) is 4.79 Å². The maximum atomic E-state index is 12.0. The van der Waals surface area contributed by atoms with Crippen molar-refractivity contribution in [3.8, 4) is 0 Å². The molecule has 0 aromatic rings. The molecule has 0 heterocycles. The van der Waals surface area contributed by atoms with Crippen LogP contribution < -0.4 is 5.32 Å². The number of hydrogen-bond acceptors (Lipinski definition) is 2. The molecular weight excluding hydrogens is 244 g/mol. The van der Waals surface area contributed by atoms with Crippen molar-refractivity contribution in [2.24, 2.45) is 5.41 Å². The maximum Gasteiger partial charge on any atom is 0.317 e. The van der Waals surface area contributed by atoms with Gasteiger partial charge in [-0.05, 0) is 38.0 Å². The van der Waals surface area contributed by atoms with Crippen LogP contribution in [0.15, 0.2) is 0 Å². The molecule has 5 heteroatoms. The molecule has 0 unspecified atom stereocenters. The highest BCUT2D eigenvalue weighted by Gasteiger charge is 2.28. The molecule has 1 saturated carbocycles. The van der Waals surface area contributed by atoms with E-state index in [0.29, 0.717) is 12.0 Å². The molecule has 0 atom stereocenters. The number of carbonyl (C=O) groups is 2. The fourth-order valence-corrected chi connectivity index (χ4v) is 2.44. The molecule has 2 N–H and O–H groups in total. The highest BCUT2D eigenvalue weighted by Crippen LogP contribution is 2.34. The van der Waals surface area contributed by atoms with Crippen LogP contribution in [0, 0.1) is 5.41 Å². The average Bonchev–Trinajstić information content (AvgIpc) is 2.32. The number of carboxylic acid groups (broad SMARTS) is 1. The first kappa shape index (κ1) is 15.8. The Balaban J connectivity index is 2.38. The van der Waals surface area contributed by atoms with Gasteiger partial charge < -0.3 is 15.3 Å². The number of nitrogens with one attached hydrogen (secondary N) is 1. The van der Waals surface area contributed by atoms with E-state index in [0.717, 1.165) is 25.7 Å². The smallest absolute Gasteiger partial charge is 0.317 e. The van der Waals surface area contributed by atoms with Crippen LogP contribution in [-0.4, -0.2) is 41.1 Å². The summed E-state index contributed by atoms with van der Waals surface area (Å²) in [6, 6.07) is 0.104. The van der Waals surface area contributed by atoms with E-state index < -0.39 is 5.97 Å². The van der Waals surface area contributed by atoms with Gasteiger partial charge in [-0.25, -0.2) is 4.79 Å². The van der Waals surface area contributed by atoms with Crippen LogP contribution in [0.3, 0.4) is 0 Å². The summed E-state index contributed by atoms with van der Waals surface area (Å²) in [4.78, 5) is 24.1. The average molecular weight is 270 g/mol. The molecule has 0 aromatic carbocycles. The third-order valence-electron chi connectivity index (χ3n) is 3.93. The molecule has 0 aromatic heterocycles. The van der Waals surface area contributed by atoms with Gasteiger partial charge in [0, 0.05) is 19.1 Å². The Hall–Kier alpha value is -1.26. The minimum atomic E-state index is -0.870. The SMILES string of the molecule is CCN(CCC(=O)O)C(=O)NC1CCC(C)(C)CC1. The zero-order chi connectivity index (χ0) is 14.5. The Morgan fingerprint density at radius 3 is 2.37 bits per heavy atom. The molecule has 0 aliphatic heterocycles. The highest BCUT2D eigenvalue weighted by atomic mass is 16.4. The third-order valence-corrected chi connectivity index (χ3v) is 3.93. The van der Waals surface area contributed by atoms with E-state index in [4.69, 9.17) is 5.11 Å². The number of carbonyl (C=O) groups excluding carboxylic acids is 1. The lowest BCUT2D eigenvalue weighted by molar-refractivity contribution is -0.137. The standard InChI is InChI=1S/C14H26N2O3/c1-4-16(10-7-12(17)18)13(19)15-11-5-8-14(2,3)9-6-11/h11H,4-10H2,1-3H3,(H,15,19)(H,17,18). The first-order valence-electron chi connectivity index (χ1n) is 7.11. The van der Waals surface area contributed by atoms with Gasteiger partial charge in [0.25, 0.3) is 0 Å². The summed E-state index contributed by atoms with van der Waals surface area (Å²) in [5.74, 6) is -0.870. The third kappa shape index (κ3) is 5.49. The minimum absolute atomic E-state index is 0.00103. The van der Waals surface area contributed by atoms with Crippen molar-refractivity contribution in [2.45, 2.75) is 58.9 Å². The van der Waals surface area contributed by atoms with Crippen LogP contribution in [-0.2, 0) is 4.79 Å². The normalized spacial score (nSPS) is 18.9. The molecule has 0 spiro atoms. The summed E-state index contributed by atoms with van der Waals surface area (Å²) in [6.45, 7) is 7.20. The molecule has 1 aliphatic carbocycles. The van der Waals surface area contributed by atoms with E-state index in [9.17, 15) is 9.59 Å². The van der Waals surface area contributed by atoms with Gasteiger partial charge in [0.1, 0.15) is 0 Å². The van der Waals surface area contributed by atoms with E-state index in [2.05, 4.69) is 19.2 Å². The van der Waals surface area contributed by atoms with Crippen molar-refractivity contribution in [3.63, 3.8) is 0 Å². The predicted octanol–water partition coefficient (Wildman–Crippen LogP) is 2.46. The second-order valence-electron chi connectivity index (χ2n) is 6.11. The summed E-state index contributed by atoms with van der Waals surface area (Å²) in [6.07, 6.45) is 4.27. The highest BCUT2D eigenvalue weighted by molar-refractivity contribution is 5.75. The minimum Gasteiger partial charge on any atom is -0.481 e. The fourth-order valence-electron chi connectivity index (χ4n) is 2.44. The Bertz CT molecular complexity index is 319. The van der Waals surface area contributed by atoms with E-state index >= 15 is 0 Å². The van der Waals surface area contributed by atoms with Crippen molar-refractivity contribution >= 4 is 12.0 Å². The van der Waals surface area contributed by atoms with E-state index in [1.165, 1.54) is 0 Å². The second-order valence-corrected chi connectivity index (χ2v) is 6.11. The number of amides is 2. The van der Waals surface area contributed by atoms with Crippen LogP contribution in [0.25, 0.3) is 0 Å². The molecular formula is C14H26N2O3. The number of hydrogen-bond donors (Lipinski definition) is 2. The first-order chi connectivity index (χ1) is 8.84. The molecule has 19 heavy (non-hydrogen) atoms. The number of nitrogens with zero attached hydrogens (tertiary/aromatic N) is 1. The molecule has 5 nitrogen and oxygen atoms in total. The zero-order valence-electron chi connectivity index (χ0n) is 12.2. The summed E-state index contributed by atoms with van der Waals surface area (Å²) in [5.41, 5.74) is 0.384. The van der Waals surface area contributed by atoms with E-state index in [1.54, 1.807) is 4.90 Å². The van der Waals surface area contributed by atoms with Gasteiger partial charge in [0.15, 0.2) is 0 Å². The van der Waals surface area contributed by atoms with E-state index in [-0.39, 0.29) is 25.0 Å². The van der Waals surface area contributed by atoms with Gasteiger partial charge in [-0.1, -0.05) is 13.8 Å². The topological polar surface area (TPSA) is 69.6 Å². The molecule has 0 saturated heterocycles. The maximum absolute atomic E-state index is 12.0. The lowest BCUT2D eigenvalue weighted by atomic mass is 9.75. The second kappa shape index (κ2) is 6.78. The zero-order valence-corrected chi connectivity index (χ0v) is 12.2. The summed E-state index contributed by atoms with van der Waals surface area (Å²) in [7, 11) is 0. The molecule has 110 valence electrons. The lowest BCUT2D eigenvalue weighted by Crippen LogP contribution is -2.47. The van der Waals surface area contributed by atoms with Crippen LogP contribution >= 0.6 is 0 Å². The van der Waals surface area contributed by atoms with Crippen molar-refractivity contribution in [1.29, 1.82) is 0 Å². The quantitative estimate of drug-likeness (QED) is 0.806. The molecule has 0 radical (unpaired) electrons. The summed E-state index contributed by atoms with van der Waals surface area (Å²) >= 11 is 0. The van der Waals surface area contributed by atoms with Gasteiger partial charge in [0.2, 0.25) is 0 Å². The van der Waals surface area contributed by atoms with Gasteiger partial charge in [-0.15, -0.1) is 0 Å². The van der Waals surface area contributed by atoms with Gasteiger partial charge in [0.05, 0.1) is 6.42 Å². The van der Waals surface area contributed by atoms with Crippen molar-refractivity contribution < 1.29 is 14.7 Å². The first-order valence-corrected chi connectivity index (χ1v) is 7.11. The van der Waals surface area contributed by atoms with Crippen LogP contribution in [0.1, 0.15) is 52.9 Å².